The molecular formula is C16H18Cl2N2S. The van der Waals surface area contributed by atoms with Crippen molar-refractivity contribution in [3.63, 3.8) is 0 Å². The monoisotopic (exact) mass is 340 g/mol. The van der Waals surface area contributed by atoms with Gasteiger partial charge in [-0.15, -0.1) is 11.3 Å². The van der Waals surface area contributed by atoms with Crippen molar-refractivity contribution in [1.82, 2.24) is 10.3 Å². The predicted molar refractivity (Wildman–Crippen MR) is 91.0 cm³/mol. The Morgan fingerprint density at radius 1 is 1.19 bits per heavy atom. The molecule has 1 aromatic heterocycles. The number of aryl methyl sites for hydroxylation is 1. The molecule has 1 N–H and O–H groups in total. The molecule has 1 aliphatic heterocycles. The molecule has 2 aromatic rings. The van der Waals surface area contributed by atoms with Crippen molar-refractivity contribution in [1.29, 1.82) is 0 Å². The molecule has 3 rings (SSSR count). The maximum Gasteiger partial charge on any atom is 0.0974 e. The molecule has 0 saturated carbocycles. The molecule has 1 aliphatic rings. The number of hydrogen-bond acceptors (Lipinski definition) is 3. The molecule has 0 unspecified atom stereocenters. The maximum atomic E-state index is 6.07. The van der Waals surface area contributed by atoms with Crippen LogP contribution in [0.1, 0.15) is 39.9 Å². The number of benzene rings is 1. The molecule has 1 fully saturated rings. The lowest BCUT2D eigenvalue weighted by Gasteiger charge is -2.21. The van der Waals surface area contributed by atoms with Gasteiger partial charge in [-0.1, -0.05) is 23.2 Å². The van der Waals surface area contributed by atoms with Crippen molar-refractivity contribution in [2.45, 2.75) is 32.1 Å². The Balaban J connectivity index is 1.80. The molecule has 0 aliphatic carbocycles. The lowest BCUT2D eigenvalue weighted by molar-refractivity contribution is 0.463. The van der Waals surface area contributed by atoms with Crippen LogP contribution in [0.15, 0.2) is 18.2 Å². The van der Waals surface area contributed by atoms with Crippen LogP contribution in [0.4, 0.5) is 0 Å². The lowest BCUT2D eigenvalue weighted by atomic mass is 9.96. The van der Waals surface area contributed by atoms with Gasteiger partial charge in [-0.3, -0.25) is 0 Å². The van der Waals surface area contributed by atoms with Crippen molar-refractivity contribution in [2.75, 3.05) is 13.1 Å². The van der Waals surface area contributed by atoms with Crippen LogP contribution in [0.3, 0.4) is 0 Å². The minimum atomic E-state index is 0.667. The van der Waals surface area contributed by atoms with Crippen molar-refractivity contribution in [3.05, 3.63) is 49.4 Å². The first-order chi connectivity index (χ1) is 10.1. The highest BCUT2D eigenvalue weighted by Gasteiger charge is 2.20. The number of hydrogen-bond donors (Lipinski definition) is 1. The predicted octanol–water partition coefficient (Wildman–Crippen LogP) is 4.82. The zero-order valence-electron chi connectivity index (χ0n) is 12.0. The summed E-state index contributed by atoms with van der Waals surface area (Å²) in [6, 6.07) is 5.70. The third-order valence-electron chi connectivity index (χ3n) is 3.86. The number of thiazole rings is 1. The Labute approximate surface area is 139 Å². The van der Waals surface area contributed by atoms with Crippen LogP contribution in [0.2, 0.25) is 10.0 Å². The Morgan fingerprint density at radius 2 is 1.86 bits per heavy atom. The number of aromatic nitrogens is 1. The van der Waals surface area contributed by atoms with Gasteiger partial charge in [0.05, 0.1) is 10.7 Å². The number of nitrogens with one attached hydrogen (secondary N) is 1. The number of nitrogens with zero attached hydrogens (tertiary/aromatic N) is 1. The minimum Gasteiger partial charge on any atom is -0.317 e. The fourth-order valence-corrected chi connectivity index (χ4v) is 4.73. The third kappa shape index (κ3) is 3.78. The third-order valence-corrected chi connectivity index (χ3v) is 5.62. The highest BCUT2D eigenvalue weighted by Crippen LogP contribution is 2.33. The van der Waals surface area contributed by atoms with E-state index in [0.29, 0.717) is 16.0 Å². The zero-order valence-corrected chi connectivity index (χ0v) is 14.3. The summed E-state index contributed by atoms with van der Waals surface area (Å²) in [5, 5.41) is 5.94. The number of rotatable bonds is 3. The maximum absolute atomic E-state index is 6.07. The van der Waals surface area contributed by atoms with Crippen LogP contribution in [0, 0.1) is 6.92 Å². The van der Waals surface area contributed by atoms with Crippen LogP contribution in [0.25, 0.3) is 0 Å². The van der Waals surface area contributed by atoms with Crippen molar-refractivity contribution in [3.8, 4) is 0 Å². The highest BCUT2D eigenvalue weighted by atomic mass is 35.5. The van der Waals surface area contributed by atoms with Gasteiger partial charge in [0.2, 0.25) is 0 Å². The first-order valence-corrected chi connectivity index (χ1v) is 8.81. The van der Waals surface area contributed by atoms with Gasteiger partial charge in [-0.25, -0.2) is 4.98 Å². The Hall–Kier alpha value is -0.610. The van der Waals surface area contributed by atoms with Gasteiger partial charge in [0.1, 0.15) is 0 Å². The molecule has 0 atom stereocenters. The van der Waals surface area contributed by atoms with Crippen LogP contribution in [-0.2, 0) is 6.42 Å². The van der Waals surface area contributed by atoms with Crippen LogP contribution in [0.5, 0.6) is 0 Å². The standard InChI is InChI=1S/C16H18Cl2N2S/c1-10-16(12-2-4-19-5-3-12)21-15(20-10)8-11-6-13(17)9-14(18)7-11/h6-7,9,12,19H,2-5,8H2,1H3. The summed E-state index contributed by atoms with van der Waals surface area (Å²) >= 11 is 14.0. The highest BCUT2D eigenvalue weighted by molar-refractivity contribution is 7.11. The SMILES string of the molecule is Cc1nc(Cc2cc(Cl)cc(Cl)c2)sc1C1CCNCC1. The molecule has 1 saturated heterocycles. The summed E-state index contributed by atoms with van der Waals surface area (Å²) in [6.07, 6.45) is 3.23. The summed E-state index contributed by atoms with van der Waals surface area (Å²) in [4.78, 5) is 6.21. The second kappa shape index (κ2) is 6.66. The summed E-state index contributed by atoms with van der Waals surface area (Å²) in [5.41, 5.74) is 2.31. The van der Waals surface area contributed by atoms with E-state index < -0.39 is 0 Å². The molecule has 2 heterocycles. The van der Waals surface area contributed by atoms with E-state index >= 15 is 0 Å². The summed E-state index contributed by atoms with van der Waals surface area (Å²) in [6.45, 7) is 4.35. The summed E-state index contributed by atoms with van der Waals surface area (Å²) in [5.74, 6) is 0.667. The molecule has 0 amide bonds. The van der Waals surface area contributed by atoms with Gasteiger partial charge < -0.3 is 5.32 Å². The normalized spacial score (nSPS) is 16.3. The Morgan fingerprint density at radius 3 is 2.52 bits per heavy atom. The van der Waals surface area contributed by atoms with E-state index in [1.807, 2.05) is 23.5 Å². The minimum absolute atomic E-state index is 0.667. The molecule has 2 nitrogen and oxygen atoms in total. The topological polar surface area (TPSA) is 24.9 Å². The molecule has 0 radical (unpaired) electrons. The smallest absolute Gasteiger partial charge is 0.0974 e. The van der Waals surface area contributed by atoms with E-state index in [1.165, 1.54) is 23.4 Å². The van der Waals surface area contributed by atoms with Gasteiger partial charge in [-0.2, -0.15) is 0 Å². The molecular weight excluding hydrogens is 323 g/mol. The molecule has 5 heteroatoms. The van der Waals surface area contributed by atoms with E-state index in [2.05, 4.69) is 12.2 Å². The van der Waals surface area contributed by atoms with Gasteiger partial charge in [0.15, 0.2) is 0 Å². The van der Waals surface area contributed by atoms with Crippen molar-refractivity contribution >= 4 is 34.5 Å². The molecule has 112 valence electrons. The lowest BCUT2D eigenvalue weighted by Crippen LogP contribution is -2.26. The molecule has 0 spiro atoms. The number of piperidine rings is 1. The van der Waals surface area contributed by atoms with E-state index in [-0.39, 0.29) is 0 Å². The van der Waals surface area contributed by atoms with E-state index in [9.17, 15) is 0 Å². The van der Waals surface area contributed by atoms with E-state index in [0.717, 1.165) is 30.1 Å². The molecule has 1 aromatic carbocycles. The second-order valence-corrected chi connectivity index (χ2v) is 7.52. The van der Waals surface area contributed by atoms with Crippen LogP contribution in [-0.4, -0.2) is 18.1 Å². The van der Waals surface area contributed by atoms with Gasteiger partial charge >= 0.3 is 0 Å². The summed E-state index contributed by atoms with van der Waals surface area (Å²) in [7, 11) is 0. The van der Waals surface area contributed by atoms with Crippen molar-refractivity contribution in [2.24, 2.45) is 0 Å². The zero-order chi connectivity index (χ0) is 14.8. The number of halogens is 2. The van der Waals surface area contributed by atoms with Gasteiger partial charge in [0.25, 0.3) is 0 Å². The average Bonchev–Trinajstić information content (AvgIpc) is 2.79. The largest absolute Gasteiger partial charge is 0.317 e. The fraction of sp³-hybridized carbons (Fsp3) is 0.438. The first kappa shape index (κ1) is 15.3. The van der Waals surface area contributed by atoms with E-state index in [4.69, 9.17) is 28.2 Å². The second-order valence-electron chi connectivity index (χ2n) is 5.54. The van der Waals surface area contributed by atoms with Gasteiger partial charge in [0, 0.05) is 21.3 Å². The van der Waals surface area contributed by atoms with Gasteiger partial charge in [-0.05, 0) is 62.5 Å². The fourth-order valence-electron chi connectivity index (χ4n) is 2.89. The van der Waals surface area contributed by atoms with Crippen LogP contribution < -0.4 is 5.32 Å². The first-order valence-electron chi connectivity index (χ1n) is 7.23. The quantitative estimate of drug-likeness (QED) is 0.866. The van der Waals surface area contributed by atoms with E-state index in [1.54, 1.807) is 6.07 Å². The molecule has 0 bridgehead atoms. The molecule has 21 heavy (non-hydrogen) atoms. The summed E-state index contributed by atoms with van der Waals surface area (Å²) < 4.78 is 0. The Bertz CT molecular complexity index is 613. The van der Waals surface area contributed by atoms with Crippen molar-refractivity contribution < 1.29 is 0 Å². The average molecular weight is 341 g/mol. The van der Waals surface area contributed by atoms with Crippen LogP contribution >= 0.6 is 34.5 Å². The Kier molecular flexibility index (Phi) is 4.85.